The summed E-state index contributed by atoms with van der Waals surface area (Å²) in [6.45, 7) is 1.21. The van der Waals surface area contributed by atoms with E-state index in [4.69, 9.17) is 4.74 Å². The first-order valence-corrected chi connectivity index (χ1v) is 6.85. The van der Waals surface area contributed by atoms with Crippen molar-refractivity contribution in [3.8, 4) is 5.75 Å². The van der Waals surface area contributed by atoms with Crippen LogP contribution in [0.25, 0.3) is 10.9 Å². The number of fused-ring (bicyclic) bond motifs is 3. The Morgan fingerprint density at radius 3 is 2.73 bits per heavy atom. The van der Waals surface area contributed by atoms with Crippen LogP contribution in [-0.2, 0) is 11.2 Å². The second-order valence-electron chi connectivity index (χ2n) is 5.34. The molecule has 0 fully saturated rings. The molecule has 1 aromatic carbocycles. The molecule has 0 aliphatic carbocycles. The molecule has 0 spiro atoms. The fraction of sp³-hybridized carbons (Fsp3) is 0.400. The van der Waals surface area contributed by atoms with Gasteiger partial charge in [0.2, 0.25) is 5.91 Å². The minimum atomic E-state index is -4.52. The van der Waals surface area contributed by atoms with Crippen molar-refractivity contribution in [3.63, 3.8) is 0 Å². The third kappa shape index (κ3) is 2.20. The van der Waals surface area contributed by atoms with E-state index in [2.05, 4.69) is 4.98 Å². The van der Waals surface area contributed by atoms with Crippen molar-refractivity contribution in [2.45, 2.75) is 25.6 Å². The number of hydrogen-bond donors (Lipinski definition) is 1. The molecule has 118 valence electrons. The highest BCUT2D eigenvalue weighted by atomic mass is 19.4. The fourth-order valence-electron chi connectivity index (χ4n) is 3.07. The van der Waals surface area contributed by atoms with Gasteiger partial charge in [-0.15, -0.1) is 0 Å². The number of ether oxygens (including phenoxy) is 1. The molecule has 1 N–H and O–H groups in total. The molecule has 0 radical (unpaired) electrons. The van der Waals surface area contributed by atoms with Gasteiger partial charge in [0.15, 0.2) is 6.04 Å². The number of aromatic nitrogens is 1. The number of carbonyl (C=O) groups is 1. The molecule has 0 saturated heterocycles. The first-order valence-electron chi connectivity index (χ1n) is 6.85. The quantitative estimate of drug-likeness (QED) is 0.879. The third-order valence-electron chi connectivity index (χ3n) is 4.05. The summed E-state index contributed by atoms with van der Waals surface area (Å²) < 4.78 is 45.5. The van der Waals surface area contributed by atoms with E-state index in [1.165, 1.54) is 7.11 Å². The van der Waals surface area contributed by atoms with Gasteiger partial charge in [0, 0.05) is 24.4 Å². The molecular formula is C15H15F3N2O2. The summed E-state index contributed by atoms with van der Waals surface area (Å²) in [5.41, 5.74) is 1.27. The smallest absolute Gasteiger partial charge is 0.414 e. The van der Waals surface area contributed by atoms with Crippen molar-refractivity contribution in [1.29, 1.82) is 0 Å². The van der Waals surface area contributed by atoms with E-state index in [0.29, 0.717) is 28.6 Å². The third-order valence-corrected chi connectivity index (χ3v) is 4.05. The predicted octanol–water partition coefficient (Wildman–Crippen LogP) is 3.18. The van der Waals surface area contributed by atoms with Gasteiger partial charge in [-0.1, -0.05) is 0 Å². The first kappa shape index (κ1) is 14.7. The van der Waals surface area contributed by atoms with Crippen molar-refractivity contribution in [2.75, 3.05) is 13.7 Å². The zero-order valence-corrected chi connectivity index (χ0v) is 12.1. The highest BCUT2D eigenvalue weighted by Gasteiger charge is 2.49. The van der Waals surface area contributed by atoms with Gasteiger partial charge in [0.05, 0.1) is 12.8 Å². The van der Waals surface area contributed by atoms with Crippen LogP contribution in [0.4, 0.5) is 13.2 Å². The van der Waals surface area contributed by atoms with E-state index in [1.54, 1.807) is 18.2 Å². The number of rotatable bonds is 1. The van der Waals surface area contributed by atoms with E-state index < -0.39 is 18.1 Å². The average Bonchev–Trinajstić information content (AvgIpc) is 2.82. The lowest BCUT2D eigenvalue weighted by Crippen LogP contribution is -2.45. The van der Waals surface area contributed by atoms with Gasteiger partial charge in [0.1, 0.15) is 5.75 Å². The van der Waals surface area contributed by atoms with Crippen molar-refractivity contribution in [2.24, 2.45) is 0 Å². The summed E-state index contributed by atoms with van der Waals surface area (Å²) in [6.07, 6.45) is -4.14. The largest absolute Gasteiger partial charge is 0.497 e. The van der Waals surface area contributed by atoms with Crippen LogP contribution in [0.1, 0.15) is 24.2 Å². The molecule has 2 aromatic rings. The number of H-pyrrole nitrogens is 1. The molecule has 1 aliphatic heterocycles. The van der Waals surface area contributed by atoms with Crippen LogP contribution >= 0.6 is 0 Å². The normalized spacial score (nSPS) is 18.4. The van der Waals surface area contributed by atoms with Crippen molar-refractivity contribution in [3.05, 3.63) is 29.5 Å². The fourth-order valence-corrected chi connectivity index (χ4v) is 3.07. The second-order valence-corrected chi connectivity index (χ2v) is 5.34. The van der Waals surface area contributed by atoms with Gasteiger partial charge >= 0.3 is 6.18 Å². The number of nitrogens with zero attached hydrogens (tertiary/aromatic N) is 1. The number of aromatic amines is 1. The van der Waals surface area contributed by atoms with Crippen LogP contribution in [0.5, 0.6) is 5.75 Å². The molecule has 1 amide bonds. The van der Waals surface area contributed by atoms with Gasteiger partial charge in [0.25, 0.3) is 0 Å². The van der Waals surface area contributed by atoms with Gasteiger partial charge in [-0.2, -0.15) is 13.2 Å². The molecule has 22 heavy (non-hydrogen) atoms. The highest BCUT2D eigenvalue weighted by molar-refractivity contribution is 5.87. The van der Waals surface area contributed by atoms with E-state index in [9.17, 15) is 18.0 Å². The maximum atomic E-state index is 13.5. The first-order chi connectivity index (χ1) is 10.3. The van der Waals surface area contributed by atoms with Gasteiger partial charge in [-0.05, 0) is 30.2 Å². The summed E-state index contributed by atoms with van der Waals surface area (Å²) in [6, 6.07) is 3.18. The predicted molar refractivity (Wildman–Crippen MR) is 74.7 cm³/mol. The van der Waals surface area contributed by atoms with Crippen molar-refractivity contribution < 1.29 is 22.7 Å². The Labute approximate surface area is 124 Å². The molecule has 2 heterocycles. The average molecular weight is 312 g/mol. The number of alkyl halides is 3. The van der Waals surface area contributed by atoms with E-state index in [1.807, 2.05) is 0 Å². The van der Waals surface area contributed by atoms with Crippen molar-refractivity contribution >= 4 is 16.8 Å². The maximum Gasteiger partial charge on any atom is 0.414 e. The minimum absolute atomic E-state index is 0.0523. The van der Waals surface area contributed by atoms with Crippen LogP contribution in [0.2, 0.25) is 0 Å². The van der Waals surface area contributed by atoms with E-state index >= 15 is 0 Å². The summed E-state index contributed by atoms with van der Waals surface area (Å²) in [5.74, 6) is 0.0102. The maximum absolute atomic E-state index is 13.5. The molecule has 0 saturated carbocycles. The number of amides is 1. The number of methoxy groups -OCH3 is 1. The molecule has 7 heteroatoms. The van der Waals surface area contributed by atoms with Crippen molar-refractivity contribution in [1.82, 2.24) is 9.88 Å². The van der Waals surface area contributed by atoms with Crippen LogP contribution in [0.3, 0.4) is 0 Å². The van der Waals surface area contributed by atoms with Crippen LogP contribution in [-0.4, -0.2) is 35.6 Å². The van der Waals surface area contributed by atoms with Crippen LogP contribution < -0.4 is 4.74 Å². The number of halogens is 3. The monoisotopic (exact) mass is 312 g/mol. The van der Waals surface area contributed by atoms with E-state index in [0.717, 1.165) is 11.8 Å². The molecule has 4 nitrogen and oxygen atoms in total. The Morgan fingerprint density at radius 1 is 1.41 bits per heavy atom. The standard InChI is InChI=1S/C15H15F3N2O2/c1-8(21)20-6-5-10-11-7-9(22-2)3-4-12(11)19-13(10)14(20)15(16,17)18/h3-4,7,14,19H,5-6H2,1-2H3. The lowest BCUT2D eigenvalue weighted by atomic mass is 9.96. The highest BCUT2D eigenvalue weighted by Crippen LogP contribution is 2.44. The molecule has 0 bridgehead atoms. The molecule has 1 aromatic heterocycles. The van der Waals surface area contributed by atoms with Crippen LogP contribution in [0, 0.1) is 0 Å². The Balaban J connectivity index is 2.20. The summed E-state index contributed by atoms with van der Waals surface area (Å²) in [5, 5.41) is 0.715. The Kier molecular flexibility index (Phi) is 3.30. The zero-order chi connectivity index (χ0) is 16.1. The minimum Gasteiger partial charge on any atom is -0.497 e. The van der Waals surface area contributed by atoms with E-state index in [-0.39, 0.29) is 12.2 Å². The lowest BCUT2D eigenvalue weighted by molar-refractivity contribution is -0.194. The SMILES string of the molecule is COc1ccc2[nH]c3c(c2c1)CCN(C(C)=O)C3C(F)(F)F. The topological polar surface area (TPSA) is 45.3 Å². The molecular weight excluding hydrogens is 297 g/mol. The number of nitrogens with one attached hydrogen (secondary N) is 1. The summed E-state index contributed by atoms with van der Waals surface area (Å²) in [7, 11) is 1.51. The zero-order valence-electron chi connectivity index (χ0n) is 12.1. The van der Waals surface area contributed by atoms with Gasteiger partial charge in [-0.25, -0.2) is 0 Å². The summed E-state index contributed by atoms with van der Waals surface area (Å²) in [4.78, 5) is 15.3. The molecule has 1 unspecified atom stereocenters. The molecule has 3 rings (SSSR count). The number of carbonyl (C=O) groups excluding carboxylic acids is 1. The van der Waals surface area contributed by atoms with Gasteiger partial charge in [-0.3, -0.25) is 4.79 Å². The summed E-state index contributed by atoms with van der Waals surface area (Å²) >= 11 is 0. The Hall–Kier alpha value is -2.18. The molecule has 1 atom stereocenters. The number of benzene rings is 1. The Bertz CT molecular complexity index is 736. The van der Waals surface area contributed by atoms with Crippen LogP contribution in [0.15, 0.2) is 18.2 Å². The Morgan fingerprint density at radius 2 is 2.14 bits per heavy atom. The lowest BCUT2D eigenvalue weighted by Gasteiger charge is -2.36. The molecule has 1 aliphatic rings. The number of hydrogen-bond acceptors (Lipinski definition) is 2. The second kappa shape index (κ2) is 4.93. The van der Waals surface area contributed by atoms with Gasteiger partial charge < -0.3 is 14.6 Å².